The number of hydrogen-bond donors (Lipinski definition) is 1. The third-order valence-electron chi connectivity index (χ3n) is 1.31. The van der Waals surface area contributed by atoms with Gasteiger partial charge in [0.2, 0.25) is 0 Å². The molecule has 0 atom stereocenters. The van der Waals surface area contributed by atoms with Gasteiger partial charge in [-0.3, -0.25) is 0 Å². The molecule has 0 saturated heterocycles. The van der Waals surface area contributed by atoms with Crippen molar-refractivity contribution in [1.82, 2.24) is 0 Å². The van der Waals surface area contributed by atoms with Crippen LogP contribution in [0.25, 0.3) is 0 Å². The molecule has 0 aliphatic rings. The molecule has 0 aromatic heterocycles. The van der Waals surface area contributed by atoms with Gasteiger partial charge in [-0.05, 0) is 13.0 Å². The Morgan fingerprint density at radius 1 is 1.25 bits per heavy atom. The molecule has 0 spiro atoms. The van der Waals surface area contributed by atoms with Gasteiger partial charge in [0.25, 0.3) is 0 Å². The molecule has 0 aromatic carbocycles. The van der Waals surface area contributed by atoms with E-state index < -0.39 is 0 Å². The van der Waals surface area contributed by atoms with Gasteiger partial charge in [-0.1, -0.05) is 32.6 Å². The van der Waals surface area contributed by atoms with E-state index in [2.05, 4.69) is 6.92 Å². The lowest BCUT2D eigenvalue weighted by molar-refractivity contribution is 0.638. The quantitative estimate of drug-likeness (QED) is 0.551. The molecule has 0 fully saturated rings. The van der Waals surface area contributed by atoms with Gasteiger partial charge in [-0.15, -0.1) is 0 Å². The lowest BCUT2D eigenvalue weighted by Crippen LogP contribution is -1.97. The summed E-state index contributed by atoms with van der Waals surface area (Å²) in [4.78, 5) is 0. The van der Waals surface area contributed by atoms with E-state index in [1.54, 1.807) is 0 Å². The van der Waals surface area contributed by atoms with E-state index in [-0.39, 0.29) is 0 Å². The Kier molecular flexibility index (Phi) is 5.29. The average Bonchev–Trinajstić information content (AvgIpc) is 2.02. The molecule has 0 radical (unpaired) electrons. The van der Waals surface area contributed by atoms with Crippen LogP contribution in [0.15, 0.2) is 0 Å². The van der Waals surface area contributed by atoms with Gasteiger partial charge in [-0.2, -0.15) is 0 Å². The fourth-order valence-electron chi connectivity index (χ4n) is 0.748. The smallest absolute Gasteiger partial charge is 0 e. The monoisotopic (exact) mass is 119 g/mol. The molecule has 0 heterocycles. The van der Waals surface area contributed by atoms with E-state index in [1.807, 2.05) is 0 Å². The first-order chi connectivity index (χ1) is 4.91. The highest BCUT2D eigenvalue weighted by atomic mass is 14.5. The number of nitrogens with two attached hydrogens (primary N) is 1. The standard InChI is InChI=1S/C7H17N.H2/c1-2-3-4-5-6-7-8;/h2-8H2,1H3;1H/i;1+1D. The second-order valence-corrected chi connectivity index (χ2v) is 2.20. The van der Waals surface area contributed by atoms with Crippen molar-refractivity contribution in [2.75, 3.05) is 6.54 Å². The first-order valence-corrected chi connectivity index (χ1v) is 3.62. The Morgan fingerprint density at radius 3 is 2.38 bits per heavy atom. The number of hydrogen-bond acceptors (Lipinski definition) is 1. The van der Waals surface area contributed by atoms with Gasteiger partial charge in [-0.25, -0.2) is 0 Å². The molecule has 0 aliphatic carbocycles. The Labute approximate surface area is 55.4 Å². The fourth-order valence-corrected chi connectivity index (χ4v) is 0.748. The van der Waals surface area contributed by atoms with E-state index in [0.717, 1.165) is 6.54 Å². The van der Waals surface area contributed by atoms with Crippen LogP contribution < -0.4 is 5.73 Å². The minimum Gasteiger partial charge on any atom is -0.330 e. The Morgan fingerprint density at radius 2 is 1.88 bits per heavy atom. The Balaban J connectivity index is 0. The van der Waals surface area contributed by atoms with Crippen LogP contribution in [0.1, 0.15) is 42.0 Å². The third kappa shape index (κ3) is 5.96. The van der Waals surface area contributed by atoms with Crippen LogP contribution in [-0.4, -0.2) is 6.54 Å². The highest BCUT2D eigenvalue weighted by Crippen LogP contribution is 2.00. The van der Waals surface area contributed by atoms with Crippen LogP contribution >= 0.6 is 0 Å². The summed E-state index contributed by atoms with van der Waals surface area (Å²) in [6.45, 7) is 3.09. The summed E-state index contributed by atoms with van der Waals surface area (Å²) in [6, 6.07) is 0. The highest BCUT2D eigenvalue weighted by molar-refractivity contribution is 4.41. The average molecular weight is 119 g/mol. The van der Waals surface area contributed by atoms with E-state index in [0.29, 0.717) is 0 Å². The van der Waals surface area contributed by atoms with Crippen LogP contribution in [0.4, 0.5) is 0 Å². The van der Waals surface area contributed by atoms with E-state index in [9.17, 15) is 0 Å². The second-order valence-electron chi connectivity index (χ2n) is 2.20. The molecule has 0 aliphatic heterocycles. The van der Waals surface area contributed by atoms with Gasteiger partial charge in [0.15, 0.2) is 0 Å². The fraction of sp³-hybridized carbons (Fsp3) is 1.00. The van der Waals surface area contributed by atoms with Gasteiger partial charge in [0.1, 0.15) is 0 Å². The molecule has 2 N–H and O–H groups in total. The van der Waals surface area contributed by atoms with Crippen molar-refractivity contribution < 1.29 is 2.97 Å². The molecule has 0 aromatic rings. The second kappa shape index (κ2) is 6.96. The van der Waals surface area contributed by atoms with Crippen molar-refractivity contribution in [3.05, 3.63) is 0 Å². The first-order valence-electron chi connectivity index (χ1n) is 4.62. The SMILES string of the molecule is CCCCCCCN.[2H][2H]. The summed E-state index contributed by atoms with van der Waals surface area (Å²) in [7, 11) is 0. The van der Waals surface area contributed by atoms with Crippen LogP contribution in [0.2, 0.25) is 0 Å². The van der Waals surface area contributed by atoms with Crippen molar-refractivity contribution in [3.63, 3.8) is 0 Å². The lowest BCUT2D eigenvalue weighted by Gasteiger charge is -1.93. The number of unbranched alkanes of at least 4 members (excludes halogenated alkanes) is 4. The van der Waals surface area contributed by atoms with Crippen LogP contribution in [-0.2, 0) is 0 Å². The highest BCUT2D eigenvalue weighted by Gasteiger charge is 1.83. The van der Waals surface area contributed by atoms with Crippen LogP contribution in [0.3, 0.4) is 0 Å². The summed E-state index contributed by atoms with van der Waals surface area (Å²) in [5.41, 5.74) is 5.31. The van der Waals surface area contributed by atoms with E-state index in [1.165, 1.54) is 32.1 Å². The van der Waals surface area contributed by atoms with Gasteiger partial charge >= 0.3 is 0 Å². The predicted octanol–water partition coefficient (Wildman–Crippen LogP) is 2.16. The first kappa shape index (κ1) is 6.09. The van der Waals surface area contributed by atoms with Crippen LogP contribution in [0, 0.1) is 0 Å². The molecule has 0 amide bonds. The van der Waals surface area contributed by atoms with E-state index >= 15 is 0 Å². The molecule has 1 nitrogen and oxygen atoms in total. The molecule has 0 unspecified atom stereocenters. The summed E-state index contributed by atoms with van der Waals surface area (Å²) in [5, 5.41) is 0. The van der Waals surface area contributed by atoms with Crippen molar-refractivity contribution in [1.29, 1.82) is 0 Å². The zero-order valence-corrected chi connectivity index (χ0v) is 5.82. The lowest BCUT2D eigenvalue weighted by atomic mass is 10.2. The van der Waals surface area contributed by atoms with Gasteiger partial charge in [0, 0.05) is 2.97 Å². The van der Waals surface area contributed by atoms with Gasteiger partial charge < -0.3 is 5.73 Å². The minimum absolute atomic E-state index is 0.865. The maximum atomic E-state index is 5.31. The molecule has 0 rings (SSSR count). The Bertz CT molecular complexity index is 36.6. The summed E-state index contributed by atoms with van der Waals surface area (Å²) < 4.78 is 10.0. The molecule has 0 bridgehead atoms. The predicted molar refractivity (Wildman–Crippen MR) is 39.9 cm³/mol. The zero-order chi connectivity index (χ0) is 8.24. The molecular formula is C7H19N. The maximum Gasteiger partial charge on any atom is 0 e. The summed E-state index contributed by atoms with van der Waals surface area (Å²) >= 11 is 0. The Hall–Kier alpha value is -0.0400. The third-order valence-corrected chi connectivity index (χ3v) is 1.31. The molecule has 52 valence electrons. The van der Waals surface area contributed by atoms with Crippen LogP contribution in [0.5, 0.6) is 0 Å². The zero-order valence-electron chi connectivity index (χ0n) is 7.82. The number of rotatable bonds is 5. The topological polar surface area (TPSA) is 26.0 Å². The van der Waals surface area contributed by atoms with Crippen molar-refractivity contribution in [3.8, 4) is 0 Å². The summed E-state index contributed by atoms with van der Waals surface area (Å²) in [5.74, 6) is 0. The normalized spacial score (nSPS) is 10.8. The molecule has 1 heteroatoms. The van der Waals surface area contributed by atoms with Crippen molar-refractivity contribution >= 4 is 0 Å². The molecule has 0 saturated carbocycles. The van der Waals surface area contributed by atoms with E-state index in [4.69, 9.17) is 8.70 Å². The largest absolute Gasteiger partial charge is 0.330 e. The van der Waals surface area contributed by atoms with Crippen molar-refractivity contribution in [2.45, 2.75) is 39.0 Å². The van der Waals surface area contributed by atoms with Crippen molar-refractivity contribution in [2.24, 2.45) is 5.73 Å². The maximum absolute atomic E-state index is 5.31. The molecular weight excluding hydrogens is 98.1 g/mol. The summed E-state index contributed by atoms with van der Waals surface area (Å²) in [6.07, 6.45) is 6.60. The molecule has 8 heavy (non-hydrogen) atoms. The minimum atomic E-state index is 0.865. The van der Waals surface area contributed by atoms with Gasteiger partial charge in [0.05, 0.1) is 0 Å².